The normalized spacial score (nSPS) is 11.4. The van der Waals surface area contributed by atoms with Gasteiger partial charge in [0.05, 0.1) is 0 Å². The predicted molar refractivity (Wildman–Crippen MR) is 80.3 cm³/mol. The fourth-order valence-corrected chi connectivity index (χ4v) is 2.25. The Labute approximate surface area is 114 Å². The molecule has 0 radical (unpaired) electrons. The standard InChI is InChI=1S/C18H18O/c1-3-15(14-10-6-5-7-11-14)16-12-8-9-13-17(16)18(19)4-2/h3,5-13H,4H2,1-2H3. The van der Waals surface area contributed by atoms with Gasteiger partial charge in [0, 0.05) is 12.0 Å². The van der Waals surface area contributed by atoms with E-state index < -0.39 is 0 Å². The largest absolute Gasteiger partial charge is 0.294 e. The van der Waals surface area contributed by atoms with Crippen molar-refractivity contribution in [2.24, 2.45) is 0 Å². The fraction of sp³-hybridized carbons (Fsp3) is 0.167. The fourth-order valence-electron chi connectivity index (χ4n) is 2.25. The number of hydrogen-bond donors (Lipinski definition) is 0. The summed E-state index contributed by atoms with van der Waals surface area (Å²) in [6, 6.07) is 18.0. The summed E-state index contributed by atoms with van der Waals surface area (Å²) in [5.41, 5.74) is 4.07. The summed E-state index contributed by atoms with van der Waals surface area (Å²) in [6.07, 6.45) is 2.60. The molecule has 0 saturated carbocycles. The Hall–Kier alpha value is -2.15. The highest BCUT2D eigenvalue weighted by atomic mass is 16.1. The van der Waals surface area contributed by atoms with Gasteiger partial charge >= 0.3 is 0 Å². The molecule has 1 nitrogen and oxygen atoms in total. The first-order chi connectivity index (χ1) is 9.27. The Morgan fingerprint density at radius 1 is 0.947 bits per heavy atom. The SMILES string of the molecule is CC=C(c1ccccc1)c1ccccc1C(=O)CC. The van der Waals surface area contributed by atoms with Gasteiger partial charge in [-0.15, -0.1) is 0 Å². The van der Waals surface area contributed by atoms with Crippen LogP contribution in [0, 0.1) is 0 Å². The van der Waals surface area contributed by atoms with Gasteiger partial charge in [-0.2, -0.15) is 0 Å². The minimum atomic E-state index is 0.186. The molecule has 0 aliphatic carbocycles. The van der Waals surface area contributed by atoms with E-state index in [0.29, 0.717) is 6.42 Å². The maximum Gasteiger partial charge on any atom is 0.163 e. The highest BCUT2D eigenvalue weighted by Crippen LogP contribution is 2.26. The summed E-state index contributed by atoms with van der Waals surface area (Å²) in [5.74, 6) is 0.186. The lowest BCUT2D eigenvalue weighted by molar-refractivity contribution is 0.0988. The van der Waals surface area contributed by atoms with E-state index >= 15 is 0 Å². The third kappa shape index (κ3) is 2.82. The third-order valence-electron chi connectivity index (χ3n) is 3.21. The first-order valence-corrected chi connectivity index (χ1v) is 6.62. The lowest BCUT2D eigenvalue weighted by atomic mass is 9.91. The molecule has 0 saturated heterocycles. The minimum absolute atomic E-state index is 0.186. The van der Waals surface area contributed by atoms with Gasteiger partial charge in [-0.1, -0.05) is 67.6 Å². The lowest BCUT2D eigenvalue weighted by Crippen LogP contribution is -2.02. The average molecular weight is 250 g/mol. The molecule has 2 aromatic rings. The van der Waals surface area contributed by atoms with Crippen molar-refractivity contribution < 1.29 is 4.79 Å². The molecule has 1 heteroatoms. The molecule has 0 amide bonds. The average Bonchev–Trinajstić information content (AvgIpc) is 2.49. The van der Waals surface area contributed by atoms with Crippen LogP contribution in [0.4, 0.5) is 0 Å². The van der Waals surface area contributed by atoms with E-state index in [9.17, 15) is 4.79 Å². The van der Waals surface area contributed by atoms with E-state index in [-0.39, 0.29) is 5.78 Å². The van der Waals surface area contributed by atoms with Crippen molar-refractivity contribution in [2.45, 2.75) is 20.3 Å². The molecule has 0 unspecified atom stereocenters. The maximum absolute atomic E-state index is 12.1. The summed E-state index contributed by atoms with van der Waals surface area (Å²) in [4.78, 5) is 12.1. The number of carbonyl (C=O) groups is 1. The smallest absolute Gasteiger partial charge is 0.163 e. The number of rotatable bonds is 4. The van der Waals surface area contributed by atoms with E-state index in [1.807, 2.05) is 56.3 Å². The number of hydrogen-bond acceptors (Lipinski definition) is 1. The van der Waals surface area contributed by atoms with Crippen molar-refractivity contribution in [1.82, 2.24) is 0 Å². The van der Waals surface area contributed by atoms with Crippen LogP contribution in [-0.4, -0.2) is 5.78 Å². The number of benzene rings is 2. The summed E-state index contributed by atoms with van der Waals surface area (Å²) in [7, 11) is 0. The van der Waals surface area contributed by atoms with Crippen LogP contribution in [0.1, 0.15) is 41.8 Å². The van der Waals surface area contributed by atoms with Crippen LogP contribution in [0.3, 0.4) is 0 Å². The van der Waals surface area contributed by atoms with E-state index in [0.717, 1.165) is 22.3 Å². The van der Waals surface area contributed by atoms with E-state index in [4.69, 9.17) is 0 Å². The molecule has 0 spiro atoms. The van der Waals surface area contributed by atoms with Crippen LogP contribution in [0.15, 0.2) is 60.7 Å². The molecule has 0 atom stereocenters. The highest BCUT2D eigenvalue weighted by Gasteiger charge is 2.12. The molecule has 0 heterocycles. The van der Waals surface area contributed by atoms with Gasteiger partial charge in [-0.25, -0.2) is 0 Å². The van der Waals surface area contributed by atoms with Crippen molar-refractivity contribution in [1.29, 1.82) is 0 Å². The van der Waals surface area contributed by atoms with E-state index in [1.54, 1.807) is 0 Å². The second-order valence-electron chi connectivity index (χ2n) is 4.39. The van der Waals surface area contributed by atoms with Gasteiger partial charge in [-0.3, -0.25) is 4.79 Å². The molecular weight excluding hydrogens is 232 g/mol. The van der Waals surface area contributed by atoms with E-state index in [1.165, 1.54) is 0 Å². The zero-order valence-electron chi connectivity index (χ0n) is 11.4. The highest BCUT2D eigenvalue weighted by molar-refractivity contribution is 6.02. The van der Waals surface area contributed by atoms with Gasteiger partial charge < -0.3 is 0 Å². The van der Waals surface area contributed by atoms with Gasteiger partial charge in [0.25, 0.3) is 0 Å². The summed E-state index contributed by atoms with van der Waals surface area (Å²) >= 11 is 0. The minimum Gasteiger partial charge on any atom is -0.294 e. The molecule has 0 bridgehead atoms. The van der Waals surface area contributed by atoms with Gasteiger partial charge in [0.2, 0.25) is 0 Å². The quantitative estimate of drug-likeness (QED) is 0.717. The second kappa shape index (κ2) is 6.14. The topological polar surface area (TPSA) is 17.1 Å². The van der Waals surface area contributed by atoms with Crippen molar-refractivity contribution >= 4 is 11.4 Å². The van der Waals surface area contributed by atoms with Crippen LogP contribution in [0.2, 0.25) is 0 Å². The van der Waals surface area contributed by atoms with Crippen molar-refractivity contribution in [2.75, 3.05) is 0 Å². The summed E-state index contributed by atoms with van der Waals surface area (Å²) < 4.78 is 0. The van der Waals surface area contributed by atoms with Crippen molar-refractivity contribution in [3.63, 3.8) is 0 Å². The molecule has 0 aliphatic heterocycles. The molecule has 0 fully saturated rings. The zero-order chi connectivity index (χ0) is 13.7. The molecule has 2 rings (SSSR count). The zero-order valence-corrected chi connectivity index (χ0v) is 11.4. The number of ketones is 1. The number of Topliss-reactive ketones (excluding diaryl/α,β-unsaturated/α-hetero) is 1. The Balaban J connectivity index is 2.55. The number of allylic oxidation sites excluding steroid dienone is 1. The molecule has 19 heavy (non-hydrogen) atoms. The number of carbonyl (C=O) groups excluding carboxylic acids is 1. The molecule has 0 N–H and O–H groups in total. The molecule has 0 aromatic heterocycles. The first-order valence-electron chi connectivity index (χ1n) is 6.62. The van der Waals surface area contributed by atoms with Crippen LogP contribution in [0.5, 0.6) is 0 Å². The lowest BCUT2D eigenvalue weighted by Gasteiger charge is -2.12. The van der Waals surface area contributed by atoms with Crippen LogP contribution >= 0.6 is 0 Å². The van der Waals surface area contributed by atoms with Crippen LogP contribution in [-0.2, 0) is 0 Å². The maximum atomic E-state index is 12.1. The van der Waals surface area contributed by atoms with Crippen molar-refractivity contribution in [3.05, 3.63) is 77.4 Å². The van der Waals surface area contributed by atoms with Crippen LogP contribution < -0.4 is 0 Å². The Morgan fingerprint density at radius 3 is 2.11 bits per heavy atom. The molecule has 0 aliphatic rings. The monoisotopic (exact) mass is 250 g/mol. The Bertz CT molecular complexity index is 594. The molecule has 2 aromatic carbocycles. The Morgan fingerprint density at radius 2 is 1.53 bits per heavy atom. The van der Waals surface area contributed by atoms with Crippen molar-refractivity contribution in [3.8, 4) is 0 Å². The van der Waals surface area contributed by atoms with Gasteiger partial charge in [-0.05, 0) is 23.6 Å². The molecular formula is C18H18O. The summed E-state index contributed by atoms with van der Waals surface area (Å²) in [5, 5.41) is 0. The summed E-state index contributed by atoms with van der Waals surface area (Å²) in [6.45, 7) is 3.91. The van der Waals surface area contributed by atoms with E-state index in [2.05, 4.69) is 18.2 Å². The van der Waals surface area contributed by atoms with Gasteiger partial charge in [0.15, 0.2) is 5.78 Å². The Kier molecular flexibility index (Phi) is 4.30. The van der Waals surface area contributed by atoms with Crippen LogP contribution in [0.25, 0.3) is 5.57 Å². The second-order valence-corrected chi connectivity index (χ2v) is 4.39. The predicted octanol–water partition coefficient (Wildman–Crippen LogP) is 4.73. The third-order valence-corrected chi connectivity index (χ3v) is 3.21. The molecule has 96 valence electrons. The van der Waals surface area contributed by atoms with Gasteiger partial charge in [0.1, 0.15) is 0 Å². The first kappa shape index (κ1) is 13.3.